The standard InChI is InChI=1S/C28H43N7O7/c1-27(2,42)21-15-30-33-35(21)18-14-20(24(38)32-28(22(36)23(29)37)11-7-4-8-12-28)34(16-18)25(39)19(31-26(40)41)13-17-9-5-3-6-10-17/h15,17-20,31,42H,3-14,16H2,1-2H3,(H2,29,37)(H,32,38)(H,40,41)/t18-,19+,20-/m0/s1. The Morgan fingerprint density at radius 3 is 2.33 bits per heavy atom. The Morgan fingerprint density at radius 2 is 1.74 bits per heavy atom. The van der Waals surface area contributed by atoms with E-state index in [1.807, 2.05) is 0 Å². The van der Waals surface area contributed by atoms with Crippen LogP contribution in [0.5, 0.6) is 0 Å². The Hall–Kier alpha value is -3.55. The van der Waals surface area contributed by atoms with Crippen LogP contribution in [0, 0.1) is 5.92 Å². The summed E-state index contributed by atoms with van der Waals surface area (Å²) in [7, 11) is 0. The summed E-state index contributed by atoms with van der Waals surface area (Å²) in [6.45, 7) is 3.15. The van der Waals surface area contributed by atoms with Crippen molar-refractivity contribution >= 4 is 29.6 Å². The van der Waals surface area contributed by atoms with Gasteiger partial charge in [-0.3, -0.25) is 19.2 Å². The number of ketones is 1. The summed E-state index contributed by atoms with van der Waals surface area (Å²) < 4.78 is 1.49. The first-order chi connectivity index (χ1) is 19.8. The molecular formula is C28H43N7O7. The molecule has 2 aliphatic carbocycles. The van der Waals surface area contributed by atoms with Gasteiger partial charge in [-0.1, -0.05) is 56.6 Å². The molecule has 1 aromatic rings. The van der Waals surface area contributed by atoms with Crippen molar-refractivity contribution in [3.63, 3.8) is 0 Å². The van der Waals surface area contributed by atoms with Crippen molar-refractivity contribution in [2.24, 2.45) is 11.7 Å². The van der Waals surface area contributed by atoms with Gasteiger partial charge < -0.3 is 31.5 Å². The van der Waals surface area contributed by atoms with E-state index in [0.29, 0.717) is 25.0 Å². The van der Waals surface area contributed by atoms with Gasteiger partial charge >= 0.3 is 6.09 Å². The molecule has 1 aromatic heterocycles. The monoisotopic (exact) mass is 589 g/mol. The molecule has 0 aromatic carbocycles. The van der Waals surface area contributed by atoms with Crippen LogP contribution in [0.15, 0.2) is 6.20 Å². The molecule has 3 atom stereocenters. The molecule has 6 N–H and O–H groups in total. The predicted molar refractivity (Wildman–Crippen MR) is 149 cm³/mol. The third-order valence-electron chi connectivity index (χ3n) is 9.03. The van der Waals surface area contributed by atoms with E-state index < -0.39 is 58.9 Å². The maximum atomic E-state index is 14.1. The Balaban J connectivity index is 1.66. The van der Waals surface area contributed by atoms with Gasteiger partial charge in [-0.15, -0.1) is 5.10 Å². The molecule has 14 nitrogen and oxygen atoms in total. The minimum absolute atomic E-state index is 0.00257. The predicted octanol–water partition coefficient (Wildman–Crippen LogP) is 1.13. The van der Waals surface area contributed by atoms with Crippen molar-refractivity contribution in [2.75, 3.05) is 6.54 Å². The van der Waals surface area contributed by atoms with Gasteiger partial charge in [0.1, 0.15) is 23.2 Å². The van der Waals surface area contributed by atoms with Gasteiger partial charge in [-0.25, -0.2) is 9.48 Å². The molecule has 1 saturated heterocycles. The molecule has 0 unspecified atom stereocenters. The molecule has 14 heteroatoms. The SMILES string of the molecule is CC(C)(O)c1cnnn1[C@H]1C[C@@H](C(=O)NC2(C(=O)C(N)=O)CCCCC2)N(C(=O)[C@@H](CC2CCCCC2)NC(=O)O)C1. The van der Waals surface area contributed by atoms with Crippen molar-refractivity contribution in [1.82, 2.24) is 30.5 Å². The molecule has 4 amide bonds. The fourth-order valence-corrected chi connectivity index (χ4v) is 6.88. The van der Waals surface area contributed by atoms with Crippen molar-refractivity contribution in [3.05, 3.63) is 11.9 Å². The van der Waals surface area contributed by atoms with Gasteiger partial charge in [0.25, 0.3) is 5.91 Å². The molecule has 2 saturated carbocycles. The maximum absolute atomic E-state index is 14.1. The number of likely N-dealkylation sites (tertiary alicyclic amines) is 1. The van der Waals surface area contributed by atoms with Crippen LogP contribution in [-0.4, -0.2) is 83.9 Å². The normalized spacial score (nSPS) is 23.6. The van der Waals surface area contributed by atoms with E-state index in [1.165, 1.54) is 15.8 Å². The smallest absolute Gasteiger partial charge is 0.405 e. The topological polar surface area (TPSA) is 210 Å². The van der Waals surface area contributed by atoms with Gasteiger partial charge in [0, 0.05) is 13.0 Å². The molecule has 4 rings (SSSR count). The van der Waals surface area contributed by atoms with Crippen LogP contribution in [0.2, 0.25) is 0 Å². The zero-order chi connectivity index (χ0) is 30.7. The number of nitrogens with two attached hydrogens (primary N) is 1. The second-order valence-electron chi connectivity index (χ2n) is 12.6. The Morgan fingerprint density at radius 1 is 1.10 bits per heavy atom. The van der Waals surface area contributed by atoms with Crippen LogP contribution >= 0.6 is 0 Å². The van der Waals surface area contributed by atoms with Crippen LogP contribution in [0.3, 0.4) is 0 Å². The first-order valence-electron chi connectivity index (χ1n) is 14.9. The minimum atomic E-state index is -1.46. The second kappa shape index (κ2) is 12.8. The van der Waals surface area contributed by atoms with Crippen LogP contribution in [-0.2, 0) is 24.8 Å². The number of nitrogens with zero attached hydrogens (tertiary/aromatic N) is 4. The lowest BCUT2D eigenvalue weighted by molar-refractivity contribution is -0.145. The zero-order valence-electron chi connectivity index (χ0n) is 24.4. The number of rotatable bonds is 10. The third kappa shape index (κ3) is 6.90. The summed E-state index contributed by atoms with van der Waals surface area (Å²) in [4.78, 5) is 66.0. The summed E-state index contributed by atoms with van der Waals surface area (Å²) in [5.41, 5.74) is 2.98. The fraction of sp³-hybridized carbons (Fsp3) is 0.750. The number of hydrogen-bond donors (Lipinski definition) is 5. The summed E-state index contributed by atoms with van der Waals surface area (Å²) in [6, 6.07) is -2.73. The van der Waals surface area contributed by atoms with E-state index in [2.05, 4.69) is 20.9 Å². The number of carbonyl (C=O) groups excluding carboxylic acids is 4. The number of Topliss-reactive ketones (excluding diaryl/α,β-unsaturated/α-hetero) is 1. The number of aliphatic hydroxyl groups is 1. The third-order valence-corrected chi connectivity index (χ3v) is 9.03. The fourth-order valence-electron chi connectivity index (χ4n) is 6.88. The molecule has 0 bridgehead atoms. The molecule has 42 heavy (non-hydrogen) atoms. The first-order valence-corrected chi connectivity index (χ1v) is 14.9. The zero-order valence-corrected chi connectivity index (χ0v) is 24.4. The summed E-state index contributed by atoms with van der Waals surface area (Å²) in [6.07, 6.45) is 7.96. The maximum Gasteiger partial charge on any atom is 0.405 e. The number of primary amides is 1. The van der Waals surface area contributed by atoms with Gasteiger partial charge in [0.15, 0.2) is 0 Å². The minimum Gasteiger partial charge on any atom is -0.465 e. The average molecular weight is 590 g/mol. The van der Waals surface area contributed by atoms with Crippen LogP contribution < -0.4 is 16.4 Å². The van der Waals surface area contributed by atoms with Crippen LogP contribution in [0.4, 0.5) is 4.79 Å². The molecule has 3 aliphatic rings. The van der Waals surface area contributed by atoms with Crippen molar-refractivity contribution in [3.8, 4) is 0 Å². The quantitative estimate of drug-likeness (QED) is 0.247. The Labute approximate surface area is 244 Å². The Bertz CT molecular complexity index is 1180. The lowest BCUT2D eigenvalue weighted by atomic mass is 9.78. The highest BCUT2D eigenvalue weighted by Gasteiger charge is 2.49. The highest BCUT2D eigenvalue weighted by Crippen LogP contribution is 2.35. The Kier molecular flexibility index (Phi) is 9.53. The molecular weight excluding hydrogens is 546 g/mol. The van der Waals surface area contributed by atoms with Crippen molar-refractivity contribution in [1.29, 1.82) is 0 Å². The number of amides is 4. The largest absolute Gasteiger partial charge is 0.465 e. The van der Waals surface area contributed by atoms with Gasteiger partial charge in [-0.2, -0.15) is 0 Å². The molecule has 3 fully saturated rings. The van der Waals surface area contributed by atoms with E-state index in [0.717, 1.165) is 38.5 Å². The van der Waals surface area contributed by atoms with Crippen LogP contribution in [0.25, 0.3) is 0 Å². The average Bonchev–Trinajstić information content (AvgIpc) is 3.61. The first kappa shape index (κ1) is 31.4. The molecule has 0 spiro atoms. The van der Waals surface area contributed by atoms with E-state index in [9.17, 15) is 34.2 Å². The van der Waals surface area contributed by atoms with Crippen LogP contribution in [0.1, 0.15) is 103 Å². The lowest BCUT2D eigenvalue weighted by Crippen LogP contribution is -2.62. The molecule has 232 valence electrons. The molecule has 1 aliphatic heterocycles. The number of nitrogens with one attached hydrogen (secondary N) is 2. The summed E-state index contributed by atoms with van der Waals surface area (Å²) in [5.74, 6) is -3.01. The van der Waals surface area contributed by atoms with Gasteiger partial charge in [0.2, 0.25) is 17.6 Å². The van der Waals surface area contributed by atoms with E-state index in [4.69, 9.17) is 5.73 Å². The number of carbonyl (C=O) groups is 5. The van der Waals surface area contributed by atoms with E-state index in [1.54, 1.807) is 13.8 Å². The van der Waals surface area contributed by atoms with Crippen molar-refractivity contribution < 1.29 is 34.2 Å². The van der Waals surface area contributed by atoms with E-state index >= 15 is 0 Å². The highest BCUT2D eigenvalue weighted by molar-refractivity contribution is 6.39. The van der Waals surface area contributed by atoms with Gasteiger partial charge in [0.05, 0.1) is 17.9 Å². The van der Waals surface area contributed by atoms with Crippen molar-refractivity contribution in [2.45, 2.75) is 120 Å². The molecule has 2 heterocycles. The summed E-state index contributed by atoms with van der Waals surface area (Å²) in [5, 5.41) is 33.5. The number of hydrogen-bond acceptors (Lipinski definition) is 8. The van der Waals surface area contributed by atoms with Gasteiger partial charge in [-0.05, 0) is 39.0 Å². The number of aromatic nitrogens is 3. The molecule has 0 radical (unpaired) electrons. The summed E-state index contributed by atoms with van der Waals surface area (Å²) >= 11 is 0. The number of carboxylic acid groups (broad SMARTS) is 1. The van der Waals surface area contributed by atoms with E-state index in [-0.39, 0.29) is 31.7 Å². The second-order valence-corrected chi connectivity index (χ2v) is 12.6. The lowest BCUT2D eigenvalue weighted by Gasteiger charge is -2.37. The highest BCUT2D eigenvalue weighted by atomic mass is 16.4.